The van der Waals surface area contributed by atoms with Gasteiger partial charge in [0.05, 0.1) is 0 Å². The smallest absolute Gasteiger partial charge is 0.0398 e. The quantitative estimate of drug-likeness (QED) is 0.607. The van der Waals surface area contributed by atoms with Crippen LogP contribution in [0.15, 0.2) is 36.4 Å². The summed E-state index contributed by atoms with van der Waals surface area (Å²) in [4.78, 5) is 0.561. The highest BCUT2D eigenvalue weighted by Crippen LogP contribution is 2.39. The first-order valence-electron chi connectivity index (χ1n) is 5.51. The van der Waals surface area contributed by atoms with E-state index < -0.39 is 0 Å². The van der Waals surface area contributed by atoms with Crippen LogP contribution in [0.4, 0.5) is 0 Å². The molecule has 2 aromatic rings. The van der Waals surface area contributed by atoms with Gasteiger partial charge in [-0.25, -0.2) is 0 Å². The molecule has 1 aliphatic rings. The van der Waals surface area contributed by atoms with E-state index in [2.05, 4.69) is 52.3 Å². The molecule has 0 saturated carbocycles. The molecule has 1 atom stereocenters. The molecule has 1 heteroatoms. The Hall–Kier alpha value is -0.820. The molecule has 1 aliphatic carbocycles. The highest BCUT2D eigenvalue weighted by Gasteiger charge is 2.18. The van der Waals surface area contributed by atoms with Crippen molar-refractivity contribution >= 4 is 26.7 Å². The van der Waals surface area contributed by atoms with Crippen molar-refractivity contribution in [3.8, 4) is 0 Å². The van der Waals surface area contributed by atoms with Crippen LogP contribution in [0.25, 0.3) is 10.8 Å². The molecule has 2 aromatic carbocycles. The SMILES string of the molecule is BrC1CCCc2c1ccc1ccccc21. The van der Waals surface area contributed by atoms with Crippen LogP contribution in [0.2, 0.25) is 0 Å². The van der Waals surface area contributed by atoms with Gasteiger partial charge in [0.2, 0.25) is 0 Å². The first-order chi connectivity index (χ1) is 7.36. The minimum atomic E-state index is 0.561. The van der Waals surface area contributed by atoms with E-state index in [0.717, 1.165) is 0 Å². The van der Waals surface area contributed by atoms with Crippen molar-refractivity contribution in [1.82, 2.24) is 0 Å². The molecule has 0 saturated heterocycles. The van der Waals surface area contributed by atoms with Gasteiger partial charge >= 0.3 is 0 Å². The Morgan fingerprint density at radius 2 is 1.93 bits per heavy atom. The Morgan fingerprint density at radius 1 is 1.07 bits per heavy atom. The van der Waals surface area contributed by atoms with E-state index in [1.54, 1.807) is 5.56 Å². The maximum Gasteiger partial charge on any atom is 0.0398 e. The van der Waals surface area contributed by atoms with Gasteiger partial charge in [-0.1, -0.05) is 52.3 Å². The van der Waals surface area contributed by atoms with Crippen molar-refractivity contribution in [2.24, 2.45) is 0 Å². The molecule has 0 heterocycles. The molecule has 0 fully saturated rings. The Morgan fingerprint density at radius 3 is 2.87 bits per heavy atom. The minimum absolute atomic E-state index is 0.561. The fourth-order valence-electron chi connectivity index (χ4n) is 2.54. The van der Waals surface area contributed by atoms with Crippen LogP contribution in [0.1, 0.15) is 28.8 Å². The molecule has 3 rings (SSSR count). The standard InChI is InChI=1S/C14H13Br/c15-14-7-3-6-12-11-5-2-1-4-10(11)8-9-13(12)14/h1-2,4-5,8-9,14H,3,6-7H2. The van der Waals surface area contributed by atoms with Crippen LogP contribution in [-0.4, -0.2) is 0 Å². The van der Waals surface area contributed by atoms with Crippen molar-refractivity contribution in [3.63, 3.8) is 0 Å². The second kappa shape index (κ2) is 3.64. The number of fused-ring (bicyclic) bond motifs is 3. The van der Waals surface area contributed by atoms with Gasteiger partial charge < -0.3 is 0 Å². The summed E-state index contributed by atoms with van der Waals surface area (Å²) in [6.45, 7) is 0. The molecule has 0 nitrogen and oxygen atoms in total. The van der Waals surface area contributed by atoms with E-state index in [-0.39, 0.29) is 0 Å². The monoisotopic (exact) mass is 260 g/mol. The summed E-state index contributed by atoms with van der Waals surface area (Å²) in [7, 11) is 0. The van der Waals surface area contributed by atoms with E-state index in [9.17, 15) is 0 Å². The van der Waals surface area contributed by atoms with Crippen molar-refractivity contribution < 1.29 is 0 Å². The van der Waals surface area contributed by atoms with Gasteiger partial charge in [0.1, 0.15) is 0 Å². The lowest BCUT2D eigenvalue weighted by Gasteiger charge is -2.22. The molecule has 0 aliphatic heterocycles. The van der Waals surface area contributed by atoms with Gasteiger partial charge in [0.25, 0.3) is 0 Å². The molecule has 0 spiro atoms. The molecule has 0 bridgehead atoms. The summed E-state index contributed by atoms with van der Waals surface area (Å²) in [5, 5.41) is 2.82. The van der Waals surface area contributed by atoms with Gasteiger partial charge in [-0.2, -0.15) is 0 Å². The summed E-state index contributed by atoms with van der Waals surface area (Å²) >= 11 is 3.77. The number of hydrogen-bond donors (Lipinski definition) is 0. The number of hydrogen-bond acceptors (Lipinski definition) is 0. The highest BCUT2D eigenvalue weighted by molar-refractivity contribution is 9.09. The van der Waals surface area contributed by atoms with Crippen LogP contribution >= 0.6 is 15.9 Å². The summed E-state index contributed by atoms with van der Waals surface area (Å²) in [5.74, 6) is 0. The molecule has 0 radical (unpaired) electrons. The third-order valence-electron chi connectivity index (χ3n) is 3.30. The molecule has 15 heavy (non-hydrogen) atoms. The Labute approximate surface area is 98.4 Å². The summed E-state index contributed by atoms with van der Waals surface area (Å²) < 4.78 is 0. The second-order valence-electron chi connectivity index (χ2n) is 4.21. The number of alkyl halides is 1. The topological polar surface area (TPSA) is 0 Å². The van der Waals surface area contributed by atoms with E-state index in [1.807, 2.05) is 0 Å². The van der Waals surface area contributed by atoms with Crippen LogP contribution in [0, 0.1) is 0 Å². The third-order valence-corrected chi connectivity index (χ3v) is 4.25. The number of aryl methyl sites for hydroxylation is 1. The fourth-order valence-corrected chi connectivity index (χ4v) is 3.29. The zero-order valence-corrected chi connectivity index (χ0v) is 10.1. The van der Waals surface area contributed by atoms with Crippen molar-refractivity contribution in [2.45, 2.75) is 24.1 Å². The second-order valence-corrected chi connectivity index (χ2v) is 5.32. The average Bonchev–Trinajstić information content (AvgIpc) is 2.29. The molecule has 1 unspecified atom stereocenters. The lowest BCUT2D eigenvalue weighted by atomic mass is 9.88. The van der Waals surface area contributed by atoms with Gasteiger partial charge in [0, 0.05) is 4.83 Å². The number of rotatable bonds is 0. The van der Waals surface area contributed by atoms with Crippen molar-refractivity contribution in [3.05, 3.63) is 47.5 Å². The lowest BCUT2D eigenvalue weighted by molar-refractivity contribution is 0.685. The van der Waals surface area contributed by atoms with E-state index >= 15 is 0 Å². The lowest BCUT2D eigenvalue weighted by Crippen LogP contribution is -2.05. The largest absolute Gasteiger partial charge is 0.0839 e. The van der Waals surface area contributed by atoms with Crippen molar-refractivity contribution in [2.75, 3.05) is 0 Å². The number of benzene rings is 2. The van der Waals surface area contributed by atoms with Gasteiger partial charge in [-0.3, -0.25) is 0 Å². The van der Waals surface area contributed by atoms with Crippen LogP contribution in [0.3, 0.4) is 0 Å². The molecule has 0 aromatic heterocycles. The maximum atomic E-state index is 3.77. The summed E-state index contributed by atoms with van der Waals surface area (Å²) in [6.07, 6.45) is 3.81. The zero-order valence-electron chi connectivity index (χ0n) is 8.54. The van der Waals surface area contributed by atoms with Crippen LogP contribution in [-0.2, 0) is 6.42 Å². The molecular formula is C14H13Br. The average molecular weight is 261 g/mol. The Kier molecular flexibility index (Phi) is 2.28. The molecule has 76 valence electrons. The maximum absolute atomic E-state index is 3.77. The summed E-state index contributed by atoms with van der Waals surface area (Å²) in [6, 6.07) is 13.2. The van der Waals surface area contributed by atoms with E-state index in [1.165, 1.54) is 35.6 Å². The Bertz CT molecular complexity index is 502. The molecular weight excluding hydrogens is 248 g/mol. The van der Waals surface area contributed by atoms with Gasteiger partial charge in [-0.15, -0.1) is 0 Å². The molecule has 0 amide bonds. The first kappa shape index (κ1) is 9.41. The Balaban J connectivity index is 2.33. The predicted octanol–water partition coefficient (Wildman–Crippen LogP) is 4.61. The van der Waals surface area contributed by atoms with E-state index in [0.29, 0.717) is 4.83 Å². The summed E-state index contributed by atoms with van der Waals surface area (Å²) in [5.41, 5.74) is 3.06. The highest BCUT2D eigenvalue weighted by atomic mass is 79.9. The molecule has 0 N–H and O–H groups in total. The van der Waals surface area contributed by atoms with Crippen LogP contribution < -0.4 is 0 Å². The number of halogens is 1. The normalized spacial score (nSPS) is 20.2. The van der Waals surface area contributed by atoms with Crippen LogP contribution in [0.5, 0.6) is 0 Å². The zero-order chi connectivity index (χ0) is 10.3. The van der Waals surface area contributed by atoms with Gasteiger partial charge in [0.15, 0.2) is 0 Å². The van der Waals surface area contributed by atoms with Gasteiger partial charge in [-0.05, 0) is 41.2 Å². The first-order valence-corrected chi connectivity index (χ1v) is 6.42. The minimum Gasteiger partial charge on any atom is -0.0839 e. The predicted molar refractivity (Wildman–Crippen MR) is 68.6 cm³/mol. The fraction of sp³-hybridized carbons (Fsp3) is 0.286. The van der Waals surface area contributed by atoms with Crippen molar-refractivity contribution in [1.29, 1.82) is 0 Å². The third kappa shape index (κ3) is 1.50. The van der Waals surface area contributed by atoms with E-state index in [4.69, 9.17) is 0 Å².